The fraction of sp³-hybridized carbons (Fsp3) is 0.259. The van der Waals surface area contributed by atoms with Gasteiger partial charge in [0.15, 0.2) is 0 Å². The van der Waals surface area contributed by atoms with Crippen LogP contribution < -0.4 is 4.90 Å². The summed E-state index contributed by atoms with van der Waals surface area (Å²) in [4.78, 5) is 30.9. The van der Waals surface area contributed by atoms with Gasteiger partial charge in [0.1, 0.15) is 23.8 Å². The van der Waals surface area contributed by atoms with Crippen LogP contribution in [0.4, 0.5) is 5.82 Å². The van der Waals surface area contributed by atoms with Crippen molar-refractivity contribution in [2.45, 2.75) is 20.8 Å². The number of rotatable bonds is 4. The van der Waals surface area contributed by atoms with Gasteiger partial charge in [-0.25, -0.2) is 15.0 Å². The highest BCUT2D eigenvalue weighted by Gasteiger charge is 2.24. The van der Waals surface area contributed by atoms with Gasteiger partial charge in [0, 0.05) is 43.5 Å². The number of nitrogens with zero attached hydrogens (tertiary/aromatic N) is 6. The third-order valence-corrected chi connectivity index (χ3v) is 6.44. The molecule has 0 radical (unpaired) electrons. The molecule has 2 aromatic heterocycles. The third-order valence-electron chi connectivity index (χ3n) is 6.44. The van der Waals surface area contributed by atoms with Crippen LogP contribution in [0.5, 0.6) is 0 Å². The van der Waals surface area contributed by atoms with Gasteiger partial charge in [0.2, 0.25) is 0 Å². The average molecular weight is 453 g/mol. The number of benzene rings is 2. The number of imidazole rings is 1. The van der Waals surface area contributed by atoms with Crippen molar-refractivity contribution in [2.75, 3.05) is 31.1 Å². The van der Waals surface area contributed by atoms with Crippen LogP contribution in [0.1, 0.15) is 27.6 Å². The Morgan fingerprint density at radius 3 is 2.09 bits per heavy atom. The monoisotopic (exact) mass is 452 g/mol. The van der Waals surface area contributed by atoms with E-state index in [2.05, 4.69) is 32.0 Å². The van der Waals surface area contributed by atoms with Crippen molar-refractivity contribution in [1.82, 2.24) is 24.4 Å². The Morgan fingerprint density at radius 1 is 0.794 bits per heavy atom. The molecule has 1 aliphatic heterocycles. The van der Waals surface area contributed by atoms with Crippen molar-refractivity contribution in [1.29, 1.82) is 0 Å². The SMILES string of the molecule is Cc1nc(N2CCN(C(=O)c3ccc(-c4ccccc4)cc3)CC2)cc(-n2cnc(C)c2C)n1. The quantitative estimate of drug-likeness (QED) is 0.464. The normalized spacial score (nSPS) is 13.9. The molecule has 1 amide bonds. The Bertz CT molecular complexity index is 1300. The fourth-order valence-electron chi connectivity index (χ4n) is 4.31. The molecule has 7 nitrogen and oxygen atoms in total. The van der Waals surface area contributed by atoms with Crippen molar-refractivity contribution >= 4 is 11.7 Å². The van der Waals surface area contributed by atoms with Gasteiger partial charge in [-0.1, -0.05) is 42.5 Å². The van der Waals surface area contributed by atoms with Gasteiger partial charge >= 0.3 is 0 Å². The Hall–Kier alpha value is -4.00. The summed E-state index contributed by atoms with van der Waals surface area (Å²) < 4.78 is 1.99. The summed E-state index contributed by atoms with van der Waals surface area (Å²) >= 11 is 0. The Kier molecular flexibility index (Phi) is 5.84. The van der Waals surface area contributed by atoms with Crippen LogP contribution >= 0.6 is 0 Å². The molecule has 2 aromatic carbocycles. The number of aromatic nitrogens is 4. The Balaban J connectivity index is 1.27. The maximum atomic E-state index is 13.1. The van der Waals surface area contributed by atoms with Crippen molar-refractivity contribution in [3.63, 3.8) is 0 Å². The van der Waals surface area contributed by atoms with Gasteiger partial charge in [0.05, 0.1) is 5.69 Å². The van der Waals surface area contributed by atoms with Crippen LogP contribution in [0.15, 0.2) is 67.0 Å². The minimum absolute atomic E-state index is 0.0725. The molecule has 0 unspecified atom stereocenters. The summed E-state index contributed by atoms with van der Waals surface area (Å²) in [5.74, 6) is 2.49. The van der Waals surface area contributed by atoms with Crippen molar-refractivity contribution in [3.8, 4) is 16.9 Å². The van der Waals surface area contributed by atoms with Crippen LogP contribution in [0, 0.1) is 20.8 Å². The summed E-state index contributed by atoms with van der Waals surface area (Å²) in [6, 6.07) is 20.1. The van der Waals surface area contributed by atoms with E-state index in [-0.39, 0.29) is 5.91 Å². The van der Waals surface area contributed by atoms with Crippen LogP contribution in [0.3, 0.4) is 0 Å². The van der Waals surface area contributed by atoms with E-state index in [0.717, 1.165) is 58.6 Å². The summed E-state index contributed by atoms with van der Waals surface area (Å²) in [5.41, 5.74) is 5.04. The van der Waals surface area contributed by atoms with E-state index in [1.807, 2.05) is 78.8 Å². The first-order valence-corrected chi connectivity index (χ1v) is 11.6. The van der Waals surface area contributed by atoms with Crippen LogP contribution in [0.2, 0.25) is 0 Å². The molecule has 0 aliphatic carbocycles. The molecular formula is C27H28N6O. The minimum Gasteiger partial charge on any atom is -0.353 e. The number of hydrogen-bond donors (Lipinski definition) is 0. The molecule has 3 heterocycles. The van der Waals surface area contributed by atoms with E-state index in [1.54, 1.807) is 6.33 Å². The second kappa shape index (κ2) is 9.09. The highest BCUT2D eigenvalue weighted by atomic mass is 16.2. The molecule has 0 bridgehead atoms. The zero-order valence-electron chi connectivity index (χ0n) is 19.8. The zero-order valence-corrected chi connectivity index (χ0v) is 19.8. The molecule has 0 N–H and O–H groups in total. The molecule has 0 spiro atoms. The first kappa shape index (κ1) is 21.8. The lowest BCUT2D eigenvalue weighted by Gasteiger charge is -2.35. The highest BCUT2D eigenvalue weighted by molar-refractivity contribution is 5.95. The largest absolute Gasteiger partial charge is 0.353 e. The number of carbonyl (C=O) groups excluding carboxylic acids is 1. The lowest BCUT2D eigenvalue weighted by Crippen LogP contribution is -2.49. The molecule has 1 aliphatic rings. The number of carbonyl (C=O) groups is 1. The number of hydrogen-bond acceptors (Lipinski definition) is 5. The minimum atomic E-state index is 0.0725. The molecule has 0 atom stereocenters. The van der Waals surface area contributed by atoms with Gasteiger partial charge in [-0.05, 0) is 44.0 Å². The predicted molar refractivity (Wildman–Crippen MR) is 133 cm³/mol. The lowest BCUT2D eigenvalue weighted by molar-refractivity contribution is 0.0746. The Labute approximate surface area is 199 Å². The summed E-state index contributed by atoms with van der Waals surface area (Å²) in [5, 5.41) is 0. The molecule has 1 fully saturated rings. The van der Waals surface area contributed by atoms with Gasteiger partial charge in [-0.3, -0.25) is 9.36 Å². The average Bonchev–Trinajstić information content (AvgIpc) is 3.22. The summed E-state index contributed by atoms with van der Waals surface area (Å²) in [7, 11) is 0. The van der Waals surface area contributed by atoms with Crippen molar-refractivity contribution in [2.24, 2.45) is 0 Å². The van der Waals surface area contributed by atoms with E-state index >= 15 is 0 Å². The smallest absolute Gasteiger partial charge is 0.253 e. The molecule has 1 saturated heterocycles. The second-order valence-corrected chi connectivity index (χ2v) is 8.64. The highest BCUT2D eigenvalue weighted by Crippen LogP contribution is 2.22. The van der Waals surface area contributed by atoms with E-state index in [4.69, 9.17) is 0 Å². The lowest BCUT2D eigenvalue weighted by atomic mass is 10.0. The first-order chi connectivity index (χ1) is 16.5. The van der Waals surface area contributed by atoms with Crippen molar-refractivity contribution in [3.05, 3.63) is 89.8 Å². The van der Waals surface area contributed by atoms with Crippen molar-refractivity contribution < 1.29 is 4.79 Å². The Morgan fingerprint density at radius 2 is 1.44 bits per heavy atom. The van der Waals surface area contributed by atoms with Gasteiger partial charge in [0.25, 0.3) is 5.91 Å². The zero-order chi connectivity index (χ0) is 23.7. The molecule has 4 aromatic rings. The fourth-order valence-corrected chi connectivity index (χ4v) is 4.31. The number of aryl methyl sites for hydroxylation is 2. The second-order valence-electron chi connectivity index (χ2n) is 8.64. The molecule has 0 saturated carbocycles. The number of anilines is 1. The first-order valence-electron chi connectivity index (χ1n) is 11.6. The van der Waals surface area contributed by atoms with E-state index in [9.17, 15) is 4.79 Å². The summed E-state index contributed by atoms with van der Waals surface area (Å²) in [6.07, 6.45) is 1.80. The number of piperazine rings is 1. The van der Waals surface area contributed by atoms with Gasteiger partial charge in [-0.2, -0.15) is 0 Å². The van der Waals surface area contributed by atoms with Gasteiger partial charge in [-0.15, -0.1) is 0 Å². The molecule has 7 heteroatoms. The van der Waals surface area contributed by atoms with Crippen LogP contribution in [-0.4, -0.2) is 56.5 Å². The summed E-state index contributed by atoms with van der Waals surface area (Å²) in [6.45, 7) is 8.70. The predicted octanol–water partition coefficient (Wildman–Crippen LogP) is 4.22. The van der Waals surface area contributed by atoms with Crippen LogP contribution in [-0.2, 0) is 0 Å². The third kappa shape index (κ3) is 4.29. The molecule has 172 valence electrons. The van der Waals surface area contributed by atoms with E-state index < -0.39 is 0 Å². The number of amides is 1. The molecule has 5 rings (SSSR count). The van der Waals surface area contributed by atoms with E-state index in [0.29, 0.717) is 13.1 Å². The van der Waals surface area contributed by atoms with E-state index in [1.165, 1.54) is 0 Å². The van der Waals surface area contributed by atoms with Gasteiger partial charge < -0.3 is 9.80 Å². The maximum absolute atomic E-state index is 13.1. The molecular weight excluding hydrogens is 424 g/mol. The standard InChI is InChI=1S/C27H28N6O/c1-19-20(2)33(18-28-19)26-17-25(29-21(3)30-26)31-13-15-32(16-14-31)27(34)24-11-9-23(10-12-24)22-7-5-4-6-8-22/h4-12,17-18H,13-16H2,1-3H3. The maximum Gasteiger partial charge on any atom is 0.253 e. The molecule has 34 heavy (non-hydrogen) atoms. The van der Waals surface area contributed by atoms with Crippen LogP contribution in [0.25, 0.3) is 16.9 Å². The topological polar surface area (TPSA) is 67.2 Å².